The van der Waals surface area contributed by atoms with Crippen molar-refractivity contribution in [2.24, 2.45) is 0 Å². The zero-order chi connectivity index (χ0) is 37.8. The Kier molecular flexibility index (Phi) is 6.78. The summed E-state index contributed by atoms with van der Waals surface area (Å²) in [6.45, 7) is 4.79. The number of benzene rings is 11. The van der Waals surface area contributed by atoms with Crippen LogP contribution in [-0.2, 0) is 5.41 Å². The van der Waals surface area contributed by atoms with E-state index in [1.54, 1.807) is 0 Å². The van der Waals surface area contributed by atoms with Crippen molar-refractivity contribution in [2.75, 3.05) is 0 Å². The molecule has 12 rings (SSSR count). The van der Waals surface area contributed by atoms with Gasteiger partial charge in [0.25, 0.3) is 0 Å². The minimum Gasteiger partial charge on any atom is -0.0616 e. The van der Waals surface area contributed by atoms with E-state index in [4.69, 9.17) is 0 Å². The van der Waals surface area contributed by atoms with Crippen molar-refractivity contribution in [2.45, 2.75) is 19.3 Å². The minimum absolute atomic E-state index is 0.115. The molecular weight excluding hydrogens is 685 g/mol. The normalized spacial score (nSPS) is 13.2. The quantitative estimate of drug-likeness (QED) is 0.159. The van der Waals surface area contributed by atoms with E-state index < -0.39 is 0 Å². The molecule has 11 aromatic carbocycles. The maximum Gasteiger partial charge on any atom is 0.0159 e. The first kappa shape index (κ1) is 32.2. The average molecular weight is 723 g/mol. The molecule has 0 radical (unpaired) electrons. The van der Waals surface area contributed by atoms with Gasteiger partial charge >= 0.3 is 0 Å². The molecule has 0 atom stereocenters. The summed E-state index contributed by atoms with van der Waals surface area (Å²) in [7, 11) is 0. The first-order chi connectivity index (χ1) is 28.0. The summed E-state index contributed by atoms with van der Waals surface area (Å²) in [6, 6.07) is 72.6. The molecule has 0 amide bonds. The first-order valence-electron chi connectivity index (χ1n) is 20.1. The summed E-state index contributed by atoms with van der Waals surface area (Å²) in [4.78, 5) is 0. The lowest BCUT2D eigenvalue weighted by Gasteiger charge is -2.23. The largest absolute Gasteiger partial charge is 0.0616 e. The van der Waals surface area contributed by atoms with E-state index in [0.29, 0.717) is 0 Å². The van der Waals surface area contributed by atoms with Gasteiger partial charge in [0.05, 0.1) is 0 Å². The highest BCUT2D eigenvalue weighted by Crippen LogP contribution is 2.55. The molecule has 0 spiro atoms. The third kappa shape index (κ3) is 4.74. The Labute approximate surface area is 332 Å². The zero-order valence-electron chi connectivity index (χ0n) is 32.0. The maximum absolute atomic E-state index is 2.49. The predicted octanol–water partition coefficient (Wildman–Crippen LogP) is 15.9. The fourth-order valence-corrected chi connectivity index (χ4v) is 10.2. The molecule has 0 heteroatoms. The topological polar surface area (TPSA) is 0 Å². The Bertz CT molecular complexity index is 3490. The predicted molar refractivity (Wildman–Crippen MR) is 245 cm³/mol. The molecule has 0 saturated carbocycles. The van der Waals surface area contributed by atoms with Crippen molar-refractivity contribution in [1.82, 2.24) is 0 Å². The highest BCUT2D eigenvalue weighted by molar-refractivity contribution is 6.23. The van der Waals surface area contributed by atoms with Crippen LogP contribution in [0.15, 0.2) is 194 Å². The second-order valence-corrected chi connectivity index (χ2v) is 16.4. The van der Waals surface area contributed by atoms with Crippen LogP contribution < -0.4 is 0 Å². The van der Waals surface area contributed by atoms with Gasteiger partial charge in [-0.1, -0.05) is 178 Å². The third-order valence-electron chi connectivity index (χ3n) is 13.0. The number of hydrogen-bond donors (Lipinski definition) is 0. The van der Waals surface area contributed by atoms with Crippen molar-refractivity contribution in [3.8, 4) is 44.5 Å². The molecule has 0 N–H and O–H groups in total. The molecule has 0 saturated heterocycles. The molecular formula is C57H38. The Morgan fingerprint density at radius 3 is 1.56 bits per heavy atom. The lowest BCUT2D eigenvalue weighted by molar-refractivity contribution is 0.661. The molecule has 11 aromatic rings. The fourth-order valence-electron chi connectivity index (χ4n) is 10.2. The highest BCUT2D eigenvalue weighted by atomic mass is 14.4. The Hall–Kier alpha value is -7.02. The molecule has 266 valence electrons. The highest BCUT2D eigenvalue weighted by Gasteiger charge is 2.38. The van der Waals surface area contributed by atoms with Crippen LogP contribution in [0.1, 0.15) is 25.0 Å². The van der Waals surface area contributed by atoms with Gasteiger partial charge in [0.1, 0.15) is 0 Å². The van der Waals surface area contributed by atoms with Crippen molar-refractivity contribution in [3.05, 3.63) is 205 Å². The van der Waals surface area contributed by atoms with Gasteiger partial charge in [0.2, 0.25) is 0 Å². The first-order valence-corrected chi connectivity index (χ1v) is 20.1. The van der Waals surface area contributed by atoms with Crippen molar-refractivity contribution < 1.29 is 0 Å². The molecule has 0 nitrogen and oxygen atoms in total. The Morgan fingerprint density at radius 2 is 0.772 bits per heavy atom. The number of hydrogen-bond acceptors (Lipinski definition) is 0. The summed E-state index contributed by atoms with van der Waals surface area (Å²) in [5.41, 5.74) is 13.0. The van der Waals surface area contributed by atoms with Gasteiger partial charge in [-0.25, -0.2) is 0 Å². The summed E-state index contributed by atoms with van der Waals surface area (Å²) in [5, 5.41) is 15.5. The maximum atomic E-state index is 2.49. The van der Waals surface area contributed by atoms with E-state index >= 15 is 0 Å². The van der Waals surface area contributed by atoms with Gasteiger partial charge in [0, 0.05) is 5.41 Å². The van der Waals surface area contributed by atoms with E-state index in [2.05, 4.69) is 208 Å². The van der Waals surface area contributed by atoms with Gasteiger partial charge in [-0.05, 0) is 151 Å². The van der Waals surface area contributed by atoms with Crippen LogP contribution >= 0.6 is 0 Å². The summed E-state index contributed by atoms with van der Waals surface area (Å²) < 4.78 is 0. The van der Waals surface area contributed by atoms with Gasteiger partial charge in [-0.3, -0.25) is 0 Å². The summed E-state index contributed by atoms with van der Waals surface area (Å²) in [5.74, 6) is 0. The molecule has 0 bridgehead atoms. The van der Waals surface area contributed by atoms with E-state index in [1.807, 2.05) is 0 Å². The van der Waals surface area contributed by atoms with E-state index in [0.717, 1.165) is 0 Å². The summed E-state index contributed by atoms with van der Waals surface area (Å²) in [6.07, 6.45) is 0. The SMILES string of the molecule is CC1(C)c2ccc3ccccc3c2-c2c1cc(-c1cccc(-c3ccc4cc(-c5cc6ccc7ccccc7c6c6ccccc56)ccc4c3)c1)c1ccccc21. The second-order valence-electron chi connectivity index (χ2n) is 16.4. The van der Waals surface area contributed by atoms with Crippen LogP contribution in [0, 0.1) is 0 Å². The Balaban J connectivity index is 0.963. The van der Waals surface area contributed by atoms with E-state index in [9.17, 15) is 0 Å². The van der Waals surface area contributed by atoms with Crippen LogP contribution in [0.2, 0.25) is 0 Å². The van der Waals surface area contributed by atoms with E-state index in [-0.39, 0.29) is 5.41 Å². The lowest BCUT2D eigenvalue weighted by Crippen LogP contribution is -2.15. The zero-order valence-corrected chi connectivity index (χ0v) is 32.0. The molecule has 57 heavy (non-hydrogen) atoms. The van der Waals surface area contributed by atoms with Crippen LogP contribution in [0.4, 0.5) is 0 Å². The van der Waals surface area contributed by atoms with Gasteiger partial charge in [-0.2, -0.15) is 0 Å². The third-order valence-corrected chi connectivity index (χ3v) is 13.0. The molecule has 1 aliphatic carbocycles. The molecule has 1 aliphatic rings. The average Bonchev–Trinajstić information content (AvgIpc) is 3.51. The van der Waals surface area contributed by atoms with E-state index in [1.165, 1.54) is 120 Å². The lowest BCUT2D eigenvalue weighted by atomic mass is 9.80. The van der Waals surface area contributed by atoms with Crippen LogP contribution in [0.25, 0.3) is 109 Å². The number of rotatable bonds is 3. The van der Waals surface area contributed by atoms with Crippen LogP contribution in [-0.4, -0.2) is 0 Å². The molecule has 0 fully saturated rings. The van der Waals surface area contributed by atoms with Gasteiger partial charge in [0.15, 0.2) is 0 Å². The van der Waals surface area contributed by atoms with Crippen LogP contribution in [0.5, 0.6) is 0 Å². The Morgan fingerprint density at radius 1 is 0.281 bits per heavy atom. The fraction of sp³-hybridized carbons (Fsp3) is 0.0526. The molecule has 0 aromatic heterocycles. The standard InChI is InChI=1S/C57H38/c1-57(2)52-29-28-36-13-4-6-17-45(36)55(52)56-49-21-10-8-19-47(49)51(34-53(56)57)41-15-11-14-37(31-41)38-23-24-40-32-42(26-25-39(40)30-38)50-33-43-27-22-35-12-3-5-16-44(35)54(43)48-20-9-7-18-46(48)50/h3-34H,1-2H3. The molecule has 0 heterocycles. The van der Waals surface area contributed by atoms with Crippen molar-refractivity contribution in [1.29, 1.82) is 0 Å². The monoisotopic (exact) mass is 722 g/mol. The van der Waals surface area contributed by atoms with Crippen LogP contribution in [0.3, 0.4) is 0 Å². The van der Waals surface area contributed by atoms with Crippen molar-refractivity contribution in [3.63, 3.8) is 0 Å². The van der Waals surface area contributed by atoms with Gasteiger partial charge < -0.3 is 0 Å². The summed E-state index contributed by atoms with van der Waals surface area (Å²) >= 11 is 0. The van der Waals surface area contributed by atoms with Crippen molar-refractivity contribution >= 4 is 64.6 Å². The molecule has 0 unspecified atom stereocenters. The second kappa shape index (κ2) is 12.0. The minimum atomic E-state index is -0.115. The van der Waals surface area contributed by atoms with Gasteiger partial charge in [-0.15, -0.1) is 0 Å². The molecule has 0 aliphatic heterocycles. The smallest absolute Gasteiger partial charge is 0.0159 e. The number of fused-ring (bicyclic) bond motifs is 13.